The number of likely N-dealkylation sites (tertiary alicyclic amines) is 1. The molecule has 0 atom stereocenters. The van der Waals surface area contributed by atoms with Crippen LogP contribution in [0.3, 0.4) is 0 Å². The molecule has 0 radical (unpaired) electrons. The Bertz CT molecular complexity index is 593. The van der Waals surface area contributed by atoms with Gasteiger partial charge in [-0.05, 0) is 50.5 Å². The monoisotopic (exact) mass is 306 g/mol. The molecule has 0 aliphatic carbocycles. The molecule has 1 aromatic carbocycles. The van der Waals surface area contributed by atoms with Crippen LogP contribution in [0.4, 0.5) is 0 Å². The molecule has 5 nitrogen and oxygen atoms in total. The zero-order valence-electron chi connectivity index (χ0n) is 11.8. The highest BCUT2D eigenvalue weighted by molar-refractivity contribution is 6.33. The molecule has 2 heterocycles. The molecule has 0 spiro atoms. The molecule has 3 rings (SSSR count). The van der Waals surface area contributed by atoms with Crippen LogP contribution in [0, 0.1) is 5.92 Å². The quantitative estimate of drug-likeness (QED) is 0.940. The Hall–Kier alpha value is -1.43. The molecule has 0 bridgehead atoms. The van der Waals surface area contributed by atoms with Crippen molar-refractivity contribution in [3.8, 4) is 11.5 Å². The van der Waals surface area contributed by atoms with Gasteiger partial charge < -0.3 is 10.2 Å². The lowest BCUT2D eigenvalue weighted by Crippen LogP contribution is -2.35. The lowest BCUT2D eigenvalue weighted by molar-refractivity contribution is 0.167. The number of hydrogen-bond acceptors (Lipinski definition) is 5. The Balaban J connectivity index is 1.65. The molecule has 6 heteroatoms. The fourth-order valence-corrected chi connectivity index (χ4v) is 2.85. The van der Waals surface area contributed by atoms with E-state index < -0.39 is 0 Å². The van der Waals surface area contributed by atoms with Gasteiger partial charge in [0.05, 0.1) is 17.1 Å². The molecule has 2 aromatic rings. The highest BCUT2D eigenvalue weighted by Crippen LogP contribution is 2.26. The van der Waals surface area contributed by atoms with Gasteiger partial charge in [0.25, 0.3) is 0 Å². The van der Waals surface area contributed by atoms with E-state index in [0.717, 1.165) is 38.0 Å². The van der Waals surface area contributed by atoms with E-state index >= 15 is 0 Å². The molecule has 0 amide bonds. The van der Waals surface area contributed by atoms with Crippen LogP contribution in [-0.2, 0) is 6.54 Å². The predicted octanol–water partition coefficient (Wildman–Crippen LogP) is 2.56. The normalized spacial score (nSPS) is 17.2. The van der Waals surface area contributed by atoms with Crippen LogP contribution >= 0.6 is 11.6 Å². The van der Waals surface area contributed by atoms with Crippen molar-refractivity contribution in [3.63, 3.8) is 0 Å². The minimum atomic E-state index is 0.479. The van der Waals surface area contributed by atoms with E-state index in [-0.39, 0.29) is 0 Å². The van der Waals surface area contributed by atoms with Gasteiger partial charge in [-0.1, -0.05) is 23.7 Å². The van der Waals surface area contributed by atoms with Crippen molar-refractivity contribution in [2.45, 2.75) is 19.4 Å². The fourth-order valence-electron chi connectivity index (χ4n) is 2.63. The Kier molecular flexibility index (Phi) is 4.53. The Labute approximate surface area is 129 Å². The molecule has 0 unspecified atom stereocenters. The third-order valence-corrected chi connectivity index (χ3v) is 4.30. The van der Waals surface area contributed by atoms with Crippen LogP contribution in [0.15, 0.2) is 28.7 Å². The summed E-state index contributed by atoms with van der Waals surface area (Å²) < 4.78 is 5.73. The highest BCUT2D eigenvalue weighted by atomic mass is 35.5. The van der Waals surface area contributed by atoms with E-state index in [1.807, 2.05) is 24.3 Å². The minimum Gasteiger partial charge on any atom is -0.419 e. The number of hydrogen-bond donors (Lipinski definition) is 1. The summed E-state index contributed by atoms with van der Waals surface area (Å²) in [5.41, 5.74) is 6.49. The zero-order chi connectivity index (χ0) is 14.7. The van der Waals surface area contributed by atoms with E-state index in [0.29, 0.717) is 29.3 Å². The average molecular weight is 307 g/mol. The van der Waals surface area contributed by atoms with Gasteiger partial charge in [-0.2, -0.15) is 0 Å². The molecule has 112 valence electrons. The molecule has 1 saturated heterocycles. The summed E-state index contributed by atoms with van der Waals surface area (Å²) in [6.07, 6.45) is 2.28. The molecule has 1 aliphatic rings. The first-order valence-electron chi connectivity index (χ1n) is 7.26. The van der Waals surface area contributed by atoms with E-state index in [9.17, 15) is 0 Å². The first-order chi connectivity index (χ1) is 10.3. The van der Waals surface area contributed by atoms with Gasteiger partial charge in [0.1, 0.15) is 0 Å². The summed E-state index contributed by atoms with van der Waals surface area (Å²) >= 11 is 6.14. The Morgan fingerprint density at radius 2 is 2.00 bits per heavy atom. The topological polar surface area (TPSA) is 68.2 Å². The van der Waals surface area contributed by atoms with Gasteiger partial charge in [0.15, 0.2) is 0 Å². The van der Waals surface area contributed by atoms with Crippen molar-refractivity contribution in [2.24, 2.45) is 11.7 Å². The van der Waals surface area contributed by atoms with E-state index in [1.54, 1.807) is 0 Å². The maximum absolute atomic E-state index is 6.14. The Morgan fingerprint density at radius 1 is 1.24 bits per heavy atom. The van der Waals surface area contributed by atoms with Crippen molar-refractivity contribution in [1.29, 1.82) is 0 Å². The van der Waals surface area contributed by atoms with Crippen LogP contribution in [-0.4, -0.2) is 34.7 Å². The van der Waals surface area contributed by atoms with Crippen molar-refractivity contribution in [1.82, 2.24) is 15.1 Å². The van der Waals surface area contributed by atoms with E-state index in [2.05, 4.69) is 15.1 Å². The number of aromatic nitrogens is 2. The molecular weight excluding hydrogens is 288 g/mol. The summed E-state index contributed by atoms with van der Waals surface area (Å²) in [6.45, 7) is 3.54. The predicted molar refractivity (Wildman–Crippen MR) is 81.8 cm³/mol. The first kappa shape index (κ1) is 14.5. The van der Waals surface area contributed by atoms with Crippen molar-refractivity contribution < 1.29 is 4.42 Å². The Morgan fingerprint density at radius 3 is 2.71 bits per heavy atom. The van der Waals surface area contributed by atoms with Crippen LogP contribution in [0.5, 0.6) is 0 Å². The van der Waals surface area contributed by atoms with Crippen LogP contribution < -0.4 is 5.73 Å². The smallest absolute Gasteiger partial charge is 0.249 e. The van der Waals surface area contributed by atoms with Crippen LogP contribution in [0.25, 0.3) is 11.5 Å². The zero-order valence-corrected chi connectivity index (χ0v) is 12.6. The van der Waals surface area contributed by atoms with E-state index in [4.69, 9.17) is 21.8 Å². The summed E-state index contributed by atoms with van der Waals surface area (Å²) in [5.74, 6) is 1.77. The second-order valence-electron chi connectivity index (χ2n) is 5.44. The summed E-state index contributed by atoms with van der Waals surface area (Å²) in [6, 6.07) is 7.48. The SMILES string of the molecule is NCC1CCN(Cc2nnc(-c3ccccc3Cl)o2)CC1. The third-order valence-electron chi connectivity index (χ3n) is 3.97. The van der Waals surface area contributed by atoms with Crippen molar-refractivity contribution in [3.05, 3.63) is 35.2 Å². The van der Waals surface area contributed by atoms with Gasteiger partial charge in [-0.15, -0.1) is 10.2 Å². The van der Waals surface area contributed by atoms with Gasteiger partial charge >= 0.3 is 0 Å². The largest absolute Gasteiger partial charge is 0.419 e. The molecule has 1 fully saturated rings. The number of rotatable bonds is 4. The number of nitrogens with two attached hydrogens (primary N) is 1. The lowest BCUT2D eigenvalue weighted by atomic mass is 9.97. The van der Waals surface area contributed by atoms with Gasteiger partial charge in [0.2, 0.25) is 11.8 Å². The fraction of sp³-hybridized carbons (Fsp3) is 0.467. The number of benzene rings is 1. The molecule has 2 N–H and O–H groups in total. The van der Waals surface area contributed by atoms with Crippen molar-refractivity contribution in [2.75, 3.05) is 19.6 Å². The lowest BCUT2D eigenvalue weighted by Gasteiger charge is -2.30. The number of piperidine rings is 1. The maximum atomic E-state index is 6.14. The van der Waals surface area contributed by atoms with E-state index in [1.165, 1.54) is 0 Å². The van der Waals surface area contributed by atoms with Gasteiger partial charge in [-0.25, -0.2) is 0 Å². The highest BCUT2D eigenvalue weighted by Gasteiger charge is 2.20. The molecule has 1 aromatic heterocycles. The molecule has 21 heavy (non-hydrogen) atoms. The second-order valence-corrected chi connectivity index (χ2v) is 5.84. The van der Waals surface area contributed by atoms with Gasteiger partial charge in [0, 0.05) is 0 Å². The average Bonchev–Trinajstić information content (AvgIpc) is 2.97. The minimum absolute atomic E-state index is 0.479. The van der Waals surface area contributed by atoms with Crippen LogP contribution in [0.1, 0.15) is 18.7 Å². The standard InChI is InChI=1S/C15H19ClN4O/c16-13-4-2-1-3-12(13)15-19-18-14(21-15)10-20-7-5-11(9-17)6-8-20/h1-4,11H,5-10,17H2. The first-order valence-corrected chi connectivity index (χ1v) is 7.63. The molecular formula is C15H19ClN4O. The number of halogens is 1. The molecule has 0 saturated carbocycles. The number of nitrogens with zero attached hydrogens (tertiary/aromatic N) is 3. The maximum Gasteiger partial charge on any atom is 0.249 e. The van der Waals surface area contributed by atoms with Gasteiger partial charge in [-0.3, -0.25) is 4.90 Å². The summed E-state index contributed by atoms with van der Waals surface area (Å²) in [5, 5.41) is 8.84. The summed E-state index contributed by atoms with van der Waals surface area (Å²) in [4.78, 5) is 2.33. The molecule has 1 aliphatic heterocycles. The van der Waals surface area contributed by atoms with Crippen molar-refractivity contribution >= 4 is 11.6 Å². The third kappa shape index (κ3) is 3.43. The van der Waals surface area contributed by atoms with Crippen LogP contribution in [0.2, 0.25) is 5.02 Å². The summed E-state index contributed by atoms with van der Waals surface area (Å²) in [7, 11) is 0. The second kappa shape index (κ2) is 6.56.